The third-order valence-electron chi connectivity index (χ3n) is 3.69. The molecule has 1 aliphatic rings. The van der Waals surface area contributed by atoms with Crippen molar-refractivity contribution in [1.82, 2.24) is 15.2 Å². The van der Waals surface area contributed by atoms with Gasteiger partial charge in [0.25, 0.3) is 0 Å². The van der Waals surface area contributed by atoms with Crippen molar-refractivity contribution in [2.24, 2.45) is 0 Å². The molecule has 1 saturated heterocycles. The summed E-state index contributed by atoms with van der Waals surface area (Å²) in [6.07, 6.45) is 2.50. The van der Waals surface area contributed by atoms with Crippen molar-refractivity contribution in [2.45, 2.75) is 37.1 Å². The van der Waals surface area contributed by atoms with Crippen molar-refractivity contribution in [3.8, 4) is 0 Å². The molecule has 2 aromatic rings. The summed E-state index contributed by atoms with van der Waals surface area (Å²) in [5.74, 6) is 0.485. The van der Waals surface area contributed by atoms with Crippen LogP contribution in [-0.2, 0) is 4.74 Å². The maximum atomic E-state index is 12.2. The highest BCUT2D eigenvalue weighted by Gasteiger charge is 2.17. The normalized spacial score (nSPS) is 17.6. The number of rotatable bonds is 7. The van der Waals surface area contributed by atoms with E-state index in [9.17, 15) is 4.79 Å². The Hall–Kier alpha value is -1.38. The summed E-state index contributed by atoms with van der Waals surface area (Å²) in [7, 11) is 0. The number of aromatic amines is 1. The van der Waals surface area contributed by atoms with Gasteiger partial charge in [0, 0.05) is 30.1 Å². The molecule has 0 saturated carbocycles. The monoisotopic (exact) mass is 352 g/mol. The quantitative estimate of drug-likeness (QED) is 0.589. The molecule has 2 N–H and O–H groups in total. The van der Waals surface area contributed by atoms with Crippen LogP contribution in [0.15, 0.2) is 10.4 Å². The van der Waals surface area contributed by atoms with Gasteiger partial charge in [-0.1, -0.05) is 23.1 Å². The van der Waals surface area contributed by atoms with Crippen molar-refractivity contribution >= 4 is 34.0 Å². The molecule has 8 heteroatoms. The first kappa shape index (κ1) is 16.5. The van der Waals surface area contributed by atoms with Gasteiger partial charge in [0.2, 0.25) is 5.13 Å². The predicted molar refractivity (Wildman–Crippen MR) is 92.7 cm³/mol. The number of nitrogens with one attached hydrogen (secondary N) is 2. The molecule has 124 valence electrons. The Morgan fingerprint density at radius 2 is 2.39 bits per heavy atom. The average molecular weight is 352 g/mol. The third-order valence-corrected chi connectivity index (χ3v) is 5.70. The zero-order chi connectivity index (χ0) is 16.2. The summed E-state index contributed by atoms with van der Waals surface area (Å²) in [5, 5.41) is 12.3. The maximum Gasteiger partial charge on any atom is 0.206 e. The summed E-state index contributed by atoms with van der Waals surface area (Å²) in [6.45, 7) is 5.49. The molecular formula is C15H20N4O2S2. The fourth-order valence-corrected chi connectivity index (χ4v) is 4.21. The first-order valence-corrected chi connectivity index (χ1v) is 9.43. The van der Waals surface area contributed by atoms with Crippen molar-refractivity contribution < 1.29 is 9.53 Å². The third kappa shape index (κ3) is 4.33. The lowest BCUT2D eigenvalue weighted by molar-refractivity contribution is 0.102. The molecule has 6 nitrogen and oxygen atoms in total. The van der Waals surface area contributed by atoms with Gasteiger partial charge in [0.05, 0.1) is 11.9 Å². The largest absolute Gasteiger partial charge is 0.376 e. The highest BCUT2D eigenvalue weighted by molar-refractivity contribution is 8.01. The first-order chi connectivity index (χ1) is 11.1. The van der Waals surface area contributed by atoms with Gasteiger partial charge in [-0.05, 0) is 32.8 Å². The number of anilines is 1. The Bertz CT molecular complexity index is 677. The first-order valence-electron chi connectivity index (χ1n) is 7.63. The van der Waals surface area contributed by atoms with E-state index in [4.69, 9.17) is 4.74 Å². The van der Waals surface area contributed by atoms with E-state index in [0.717, 1.165) is 52.4 Å². The van der Waals surface area contributed by atoms with Crippen LogP contribution in [0.25, 0.3) is 0 Å². The molecule has 0 aliphatic carbocycles. The van der Waals surface area contributed by atoms with E-state index in [1.54, 1.807) is 0 Å². The van der Waals surface area contributed by atoms with Crippen molar-refractivity contribution in [3.63, 3.8) is 0 Å². The number of ether oxygens (including phenoxy) is 1. The second-order valence-electron chi connectivity index (χ2n) is 5.59. The van der Waals surface area contributed by atoms with Crippen LogP contribution in [0, 0.1) is 13.8 Å². The molecule has 2 aromatic heterocycles. The average Bonchev–Trinajstić information content (AvgIpc) is 3.24. The molecule has 0 aromatic carbocycles. The minimum absolute atomic E-state index is 0.112. The minimum Gasteiger partial charge on any atom is -0.376 e. The van der Waals surface area contributed by atoms with Crippen LogP contribution in [0.2, 0.25) is 0 Å². The van der Waals surface area contributed by atoms with Crippen LogP contribution >= 0.6 is 23.1 Å². The number of hydrogen-bond acceptors (Lipinski definition) is 7. The van der Waals surface area contributed by atoms with Crippen LogP contribution in [0.1, 0.15) is 34.6 Å². The maximum absolute atomic E-state index is 12.2. The van der Waals surface area contributed by atoms with Gasteiger partial charge in [-0.15, -0.1) is 10.2 Å². The van der Waals surface area contributed by atoms with E-state index in [0.29, 0.717) is 5.75 Å². The molecule has 0 radical (unpaired) electrons. The van der Waals surface area contributed by atoms with E-state index >= 15 is 0 Å². The number of ketones is 1. The summed E-state index contributed by atoms with van der Waals surface area (Å²) in [4.78, 5) is 15.4. The van der Waals surface area contributed by atoms with Crippen molar-refractivity contribution in [1.29, 1.82) is 0 Å². The van der Waals surface area contributed by atoms with Crippen LogP contribution in [0.5, 0.6) is 0 Å². The van der Waals surface area contributed by atoms with Gasteiger partial charge in [-0.2, -0.15) is 0 Å². The number of H-pyrrole nitrogens is 1. The molecule has 3 rings (SSSR count). The van der Waals surface area contributed by atoms with Gasteiger partial charge >= 0.3 is 0 Å². The zero-order valence-corrected chi connectivity index (χ0v) is 14.9. The molecular weight excluding hydrogens is 332 g/mol. The summed E-state index contributed by atoms with van der Waals surface area (Å²) in [5.41, 5.74) is 2.69. The molecule has 23 heavy (non-hydrogen) atoms. The number of hydrogen-bond donors (Lipinski definition) is 2. The van der Waals surface area contributed by atoms with E-state index < -0.39 is 0 Å². The van der Waals surface area contributed by atoms with Crippen molar-refractivity contribution in [2.75, 3.05) is 24.2 Å². The van der Waals surface area contributed by atoms with Crippen LogP contribution in [-0.4, -0.2) is 46.0 Å². The van der Waals surface area contributed by atoms with Gasteiger partial charge in [0.15, 0.2) is 10.1 Å². The number of carbonyl (C=O) groups excluding carboxylic acids is 1. The minimum atomic E-state index is 0.112. The van der Waals surface area contributed by atoms with Gasteiger partial charge in [-0.3, -0.25) is 4.79 Å². The highest BCUT2D eigenvalue weighted by atomic mass is 32.2. The highest BCUT2D eigenvalue weighted by Crippen LogP contribution is 2.27. The fraction of sp³-hybridized carbons (Fsp3) is 0.533. The topological polar surface area (TPSA) is 79.9 Å². The molecule has 1 aliphatic heterocycles. The fourth-order valence-electron chi connectivity index (χ4n) is 2.56. The van der Waals surface area contributed by atoms with Crippen LogP contribution in [0.3, 0.4) is 0 Å². The molecule has 0 spiro atoms. The zero-order valence-electron chi connectivity index (χ0n) is 13.2. The van der Waals surface area contributed by atoms with Crippen LogP contribution < -0.4 is 5.32 Å². The molecule has 0 amide bonds. The Balaban J connectivity index is 1.48. The second kappa shape index (κ2) is 7.46. The Labute approximate surface area is 143 Å². The lowest BCUT2D eigenvalue weighted by Crippen LogP contribution is -2.18. The molecule has 0 bridgehead atoms. The number of aryl methyl sites for hydroxylation is 2. The van der Waals surface area contributed by atoms with Crippen molar-refractivity contribution in [3.05, 3.63) is 23.0 Å². The van der Waals surface area contributed by atoms with E-state index in [1.165, 1.54) is 23.1 Å². The smallest absolute Gasteiger partial charge is 0.206 e. The van der Waals surface area contributed by atoms with Gasteiger partial charge < -0.3 is 15.0 Å². The number of thioether (sulfide) groups is 1. The van der Waals surface area contributed by atoms with Gasteiger partial charge in [0.1, 0.15) is 0 Å². The molecule has 1 fully saturated rings. The molecule has 1 unspecified atom stereocenters. The number of carbonyl (C=O) groups is 1. The number of Topliss-reactive ketones (excluding diaryl/α,β-unsaturated/α-hetero) is 1. The Morgan fingerprint density at radius 1 is 1.52 bits per heavy atom. The lowest BCUT2D eigenvalue weighted by Gasteiger charge is -2.08. The molecule has 1 atom stereocenters. The Kier molecular flexibility index (Phi) is 5.34. The lowest BCUT2D eigenvalue weighted by atomic mass is 10.2. The summed E-state index contributed by atoms with van der Waals surface area (Å²) >= 11 is 2.91. The SMILES string of the molecule is Cc1cc(C(=O)CSc2nnc(NCC3CCCO3)s2)c(C)[nH]1. The van der Waals surface area contributed by atoms with E-state index in [1.807, 2.05) is 19.9 Å². The van der Waals surface area contributed by atoms with Crippen LogP contribution in [0.4, 0.5) is 5.13 Å². The standard InChI is InChI=1S/C15H20N4O2S2/c1-9-6-12(10(2)17-9)13(20)8-22-15-19-18-14(23-15)16-7-11-4-3-5-21-11/h6,11,17H,3-5,7-8H2,1-2H3,(H,16,18). The predicted octanol–water partition coefficient (Wildman–Crippen LogP) is 3.05. The van der Waals surface area contributed by atoms with Gasteiger partial charge in [-0.25, -0.2) is 0 Å². The number of aromatic nitrogens is 3. The molecule has 3 heterocycles. The van der Waals surface area contributed by atoms with E-state index in [2.05, 4.69) is 20.5 Å². The number of nitrogens with zero attached hydrogens (tertiary/aromatic N) is 2. The second-order valence-corrected chi connectivity index (χ2v) is 7.79. The summed E-state index contributed by atoms with van der Waals surface area (Å²) < 4.78 is 6.37. The summed E-state index contributed by atoms with van der Waals surface area (Å²) in [6, 6.07) is 1.90. The Morgan fingerprint density at radius 3 is 3.09 bits per heavy atom. The van der Waals surface area contributed by atoms with E-state index in [-0.39, 0.29) is 11.9 Å².